The number of hydrogen-bond donors (Lipinski definition) is 1. The molecule has 1 aliphatic heterocycles. The van der Waals surface area contributed by atoms with Crippen LogP contribution in [0.1, 0.15) is 11.1 Å². The molecular formula is C17H11BrN2O5S. The van der Waals surface area contributed by atoms with E-state index in [0.717, 1.165) is 34.4 Å². The number of carbonyl (C=O) groups excluding carboxylic acids is 2. The van der Waals surface area contributed by atoms with E-state index in [9.17, 15) is 24.8 Å². The van der Waals surface area contributed by atoms with Crippen LogP contribution in [0.15, 0.2) is 51.8 Å². The van der Waals surface area contributed by atoms with Crippen molar-refractivity contribution in [2.45, 2.75) is 6.54 Å². The SMILES string of the molecule is O=C1S/C(=C\c2cc([N+](=O)[O-])cc(Br)c2O)C(=O)N1Cc1ccccc1. The fourth-order valence-electron chi connectivity index (χ4n) is 2.36. The number of aromatic hydroxyl groups is 1. The lowest BCUT2D eigenvalue weighted by molar-refractivity contribution is -0.385. The van der Waals surface area contributed by atoms with Crippen molar-refractivity contribution in [1.82, 2.24) is 4.90 Å². The molecule has 0 aromatic heterocycles. The van der Waals surface area contributed by atoms with Crippen molar-refractivity contribution in [2.24, 2.45) is 0 Å². The van der Waals surface area contributed by atoms with Crippen molar-refractivity contribution in [3.8, 4) is 5.75 Å². The van der Waals surface area contributed by atoms with Crippen molar-refractivity contribution in [1.29, 1.82) is 0 Å². The van der Waals surface area contributed by atoms with Gasteiger partial charge in [-0.1, -0.05) is 30.3 Å². The molecule has 0 radical (unpaired) electrons. The molecule has 3 rings (SSSR count). The molecule has 132 valence electrons. The van der Waals surface area contributed by atoms with Crippen molar-refractivity contribution >= 4 is 50.6 Å². The highest BCUT2D eigenvalue weighted by molar-refractivity contribution is 9.10. The first-order valence-electron chi connectivity index (χ1n) is 7.33. The van der Waals surface area contributed by atoms with Gasteiger partial charge in [0, 0.05) is 17.7 Å². The second-order valence-corrected chi connectivity index (χ2v) is 7.22. The summed E-state index contributed by atoms with van der Waals surface area (Å²) in [5, 5.41) is 20.6. The van der Waals surface area contributed by atoms with Gasteiger partial charge in [0.05, 0.1) is 20.8 Å². The first-order valence-corrected chi connectivity index (χ1v) is 8.94. The summed E-state index contributed by atoms with van der Waals surface area (Å²) in [7, 11) is 0. The Hall–Kier alpha value is -2.65. The van der Waals surface area contributed by atoms with E-state index in [-0.39, 0.29) is 32.9 Å². The average molecular weight is 435 g/mol. The van der Waals surface area contributed by atoms with Gasteiger partial charge in [0.1, 0.15) is 5.75 Å². The minimum Gasteiger partial charge on any atom is -0.506 e. The Balaban J connectivity index is 1.92. The summed E-state index contributed by atoms with van der Waals surface area (Å²) in [5.41, 5.74) is 0.637. The van der Waals surface area contributed by atoms with Crippen LogP contribution in [0.2, 0.25) is 0 Å². The van der Waals surface area contributed by atoms with Crippen LogP contribution in [-0.2, 0) is 11.3 Å². The summed E-state index contributed by atoms with van der Waals surface area (Å²) < 4.78 is 0.126. The van der Waals surface area contributed by atoms with Crippen LogP contribution >= 0.6 is 27.7 Å². The number of halogens is 1. The van der Waals surface area contributed by atoms with Gasteiger partial charge < -0.3 is 5.11 Å². The molecule has 0 spiro atoms. The number of hydrogen-bond acceptors (Lipinski definition) is 6. The van der Waals surface area contributed by atoms with Crippen LogP contribution in [0.3, 0.4) is 0 Å². The molecule has 1 fully saturated rings. The van der Waals surface area contributed by atoms with Crippen LogP contribution in [0.5, 0.6) is 5.75 Å². The van der Waals surface area contributed by atoms with Crippen molar-refractivity contribution in [3.63, 3.8) is 0 Å². The normalized spacial score (nSPS) is 15.7. The molecule has 1 N–H and O–H groups in total. The highest BCUT2D eigenvalue weighted by Gasteiger charge is 2.35. The third kappa shape index (κ3) is 3.63. The van der Waals surface area contributed by atoms with Gasteiger partial charge in [0.25, 0.3) is 16.8 Å². The number of thioether (sulfide) groups is 1. The van der Waals surface area contributed by atoms with E-state index in [1.165, 1.54) is 6.08 Å². The number of amides is 2. The van der Waals surface area contributed by atoms with Gasteiger partial charge in [0.2, 0.25) is 0 Å². The second kappa shape index (κ2) is 7.30. The molecule has 0 bridgehead atoms. The van der Waals surface area contributed by atoms with Crippen molar-refractivity contribution < 1.29 is 19.6 Å². The number of nitro groups is 1. The number of phenols is 1. The molecule has 1 saturated heterocycles. The van der Waals surface area contributed by atoms with Gasteiger partial charge >= 0.3 is 0 Å². The zero-order chi connectivity index (χ0) is 18.8. The van der Waals surface area contributed by atoms with Crippen LogP contribution in [0.25, 0.3) is 6.08 Å². The summed E-state index contributed by atoms with van der Waals surface area (Å²) in [4.78, 5) is 36.2. The van der Waals surface area contributed by atoms with Gasteiger partial charge in [-0.15, -0.1) is 0 Å². The maximum Gasteiger partial charge on any atom is 0.293 e. The molecule has 0 aliphatic carbocycles. The number of non-ortho nitro benzene ring substituents is 1. The Morgan fingerprint density at radius 2 is 1.92 bits per heavy atom. The Morgan fingerprint density at radius 3 is 2.58 bits per heavy atom. The number of nitro benzene ring substituents is 1. The van der Waals surface area contributed by atoms with Crippen molar-refractivity contribution in [3.05, 3.63) is 73.1 Å². The third-order valence-corrected chi connectivity index (χ3v) is 5.14. The number of carbonyl (C=O) groups is 2. The smallest absolute Gasteiger partial charge is 0.293 e. The number of rotatable bonds is 4. The van der Waals surface area contributed by atoms with E-state index < -0.39 is 16.1 Å². The lowest BCUT2D eigenvalue weighted by Gasteiger charge is -2.12. The standard InChI is InChI=1S/C17H11BrN2O5S/c18-13-8-12(20(24)25)6-11(15(13)21)7-14-16(22)19(17(23)26-14)9-10-4-2-1-3-5-10/h1-8,21H,9H2/b14-7-. The molecule has 2 amide bonds. The zero-order valence-corrected chi connectivity index (χ0v) is 15.5. The highest BCUT2D eigenvalue weighted by atomic mass is 79.9. The lowest BCUT2D eigenvalue weighted by Crippen LogP contribution is -2.27. The molecule has 7 nitrogen and oxygen atoms in total. The van der Waals surface area contributed by atoms with E-state index in [0.29, 0.717) is 0 Å². The van der Waals surface area contributed by atoms with E-state index in [1.54, 1.807) is 12.1 Å². The summed E-state index contributed by atoms with van der Waals surface area (Å²) in [6, 6.07) is 11.4. The summed E-state index contributed by atoms with van der Waals surface area (Å²) in [5.74, 6) is -0.753. The van der Waals surface area contributed by atoms with Gasteiger partial charge in [-0.25, -0.2) is 0 Å². The molecule has 1 aliphatic rings. The molecule has 0 saturated carbocycles. The Kier molecular flexibility index (Phi) is 5.10. The van der Waals surface area contributed by atoms with Crippen LogP contribution < -0.4 is 0 Å². The fraction of sp³-hybridized carbons (Fsp3) is 0.0588. The highest BCUT2D eigenvalue weighted by Crippen LogP contribution is 2.38. The van der Waals surface area contributed by atoms with E-state index in [4.69, 9.17) is 0 Å². The first kappa shape index (κ1) is 18.2. The van der Waals surface area contributed by atoms with Gasteiger partial charge in [-0.2, -0.15) is 0 Å². The Labute approximate surface area is 160 Å². The van der Waals surface area contributed by atoms with E-state index >= 15 is 0 Å². The molecular weight excluding hydrogens is 424 g/mol. The molecule has 2 aromatic rings. The molecule has 9 heteroatoms. The monoisotopic (exact) mass is 434 g/mol. The summed E-state index contributed by atoms with van der Waals surface area (Å²) >= 11 is 3.77. The molecule has 26 heavy (non-hydrogen) atoms. The largest absolute Gasteiger partial charge is 0.506 e. The molecule has 2 aromatic carbocycles. The van der Waals surface area contributed by atoms with E-state index in [1.807, 2.05) is 18.2 Å². The number of phenolic OH excluding ortho intramolecular Hbond substituents is 1. The lowest BCUT2D eigenvalue weighted by atomic mass is 10.1. The van der Waals surface area contributed by atoms with Gasteiger partial charge in [-0.3, -0.25) is 24.6 Å². The topological polar surface area (TPSA) is 101 Å². The minimum atomic E-state index is -0.608. The predicted molar refractivity (Wildman–Crippen MR) is 100 cm³/mol. The first-order chi connectivity index (χ1) is 12.4. The minimum absolute atomic E-state index is 0.0799. The van der Waals surface area contributed by atoms with Gasteiger partial charge in [0.15, 0.2) is 0 Å². The maximum atomic E-state index is 12.5. The molecule has 0 atom stereocenters. The van der Waals surface area contributed by atoms with Crippen LogP contribution in [0.4, 0.5) is 10.5 Å². The van der Waals surface area contributed by atoms with Crippen LogP contribution in [0, 0.1) is 10.1 Å². The van der Waals surface area contributed by atoms with E-state index in [2.05, 4.69) is 15.9 Å². The summed E-state index contributed by atoms with van der Waals surface area (Å²) in [6.07, 6.45) is 1.28. The third-order valence-electron chi connectivity index (χ3n) is 3.63. The number of imide groups is 1. The Morgan fingerprint density at radius 1 is 1.23 bits per heavy atom. The van der Waals surface area contributed by atoms with Crippen LogP contribution in [-0.4, -0.2) is 26.1 Å². The quantitative estimate of drug-likeness (QED) is 0.437. The fourth-order valence-corrected chi connectivity index (χ4v) is 3.66. The summed E-state index contributed by atoms with van der Waals surface area (Å²) in [6.45, 7) is 0.132. The van der Waals surface area contributed by atoms with Crippen molar-refractivity contribution in [2.75, 3.05) is 0 Å². The van der Waals surface area contributed by atoms with Gasteiger partial charge in [-0.05, 0) is 39.3 Å². The maximum absolute atomic E-state index is 12.5. The second-order valence-electron chi connectivity index (χ2n) is 5.38. The zero-order valence-electron chi connectivity index (χ0n) is 13.1. The average Bonchev–Trinajstić information content (AvgIpc) is 2.87. The molecule has 1 heterocycles. The molecule has 0 unspecified atom stereocenters. The Bertz CT molecular complexity index is 946. The number of benzene rings is 2. The predicted octanol–water partition coefficient (Wildman–Crippen LogP) is 4.30. The number of nitrogens with zero attached hydrogens (tertiary/aromatic N) is 2.